The molecule has 31 heavy (non-hydrogen) atoms. The number of anilines is 2. The highest BCUT2D eigenvalue weighted by Crippen LogP contribution is 2.32. The number of aryl methyl sites for hydroxylation is 2. The van der Waals surface area contributed by atoms with Crippen molar-refractivity contribution in [2.45, 2.75) is 33.1 Å². The van der Waals surface area contributed by atoms with E-state index >= 15 is 0 Å². The van der Waals surface area contributed by atoms with Gasteiger partial charge < -0.3 is 19.7 Å². The summed E-state index contributed by atoms with van der Waals surface area (Å²) < 4.78 is 11.5. The first-order chi connectivity index (χ1) is 15.1. The van der Waals surface area contributed by atoms with E-state index in [0.29, 0.717) is 24.1 Å². The number of nitrogens with zero attached hydrogens (tertiary/aromatic N) is 4. The Morgan fingerprint density at radius 2 is 1.97 bits per heavy atom. The smallest absolute Gasteiger partial charge is 0.227 e. The molecule has 4 rings (SSSR count). The van der Waals surface area contributed by atoms with Crippen LogP contribution in [0.15, 0.2) is 30.5 Å². The minimum absolute atomic E-state index is 0.516. The molecule has 0 spiro atoms. The highest BCUT2D eigenvalue weighted by molar-refractivity contribution is 5.66. The van der Waals surface area contributed by atoms with Gasteiger partial charge in [0.15, 0.2) is 11.5 Å². The Morgan fingerprint density at radius 1 is 1.13 bits per heavy atom. The molecule has 3 aromatic rings. The van der Waals surface area contributed by atoms with Crippen LogP contribution in [0.1, 0.15) is 30.7 Å². The Balaban J connectivity index is 1.43. The zero-order valence-electron chi connectivity index (χ0n) is 18.4. The van der Waals surface area contributed by atoms with Gasteiger partial charge in [0.25, 0.3) is 0 Å². The molecule has 164 valence electrons. The summed E-state index contributed by atoms with van der Waals surface area (Å²) in [4.78, 5) is 11.5. The summed E-state index contributed by atoms with van der Waals surface area (Å²) in [6, 6.07) is 7.64. The van der Waals surface area contributed by atoms with Gasteiger partial charge in [-0.25, -0.2) is 9.97 Å². The van der Waals surface area contributed by atoms with Crippen LogP contribution in [-0.2, 0) is 0 Å². The second-order valence-electron chi connectivity index (χ2n) is 7.82. The van der Waals surface area contributed by atoms with Crippen molar-refractivity contribution in [3.8, 4) is 22.8 Å². The van der Waals surface area contributed by atoms with Gasteiger partial charge in [0.05, 0.1) is 25.1 Å². The normalized spacial score (nSPS) is 14.0. The van der Waals surface area contributed by atoms with E-state index in [9.17, 15) is 0 Å². The molecule has 1 aliphatic rings. The number of ether oxygens (including phenoxy) is 2. The van der Waals surface area contributed by atoms with Crippen LogP contribution in [0.4, 0.5) is 11.6 Å². The lowest BCUT2D eigenvalue weighted by atomic mass is 10.1. The second kappa shape index (κ2) is 9.78. The lowest BCUT2D eigenvalue weighted by Gasteiger charge is -2.16. The van der Waals surface area contributed by atoms with Gasteiger partial charge in [-0.05, 0) is 64.4 Å². The molecular formula is C23H30N6O2. The first-order valence-electron chi connectivity index (χ1n) is 10.8. The average molecular weight is 423 g/mol. The molecule has 0 atom stereocenters. The number of aromatic amines is 1. The number of methoxy groups -OCH3 is 1. The third-order valence-electron chi connectivity index (χ3n) is 5.53. The van der Waals surface area contributed by atoms with Crippen LogP contribution in [0.2, 0.25) is 0 Å². The molecule has 0 aliphatic carbocycles. The number of aromatic nitrogens is 4. The van der Waals surface area contributed by atoms with Crippen molar-refractivity contribution in [3.05, 3.63) is 41.9 Å². The van der Waals surface area contributed by atoms with Crippen LogP contribution < -0.4 is 14.8 Å². The summed E-state index contributed by atoms with van der Waals surface area (Å²) in [5.74, 6) is 1.94. The highest BCUT2D eigenvalue weighted by atomic mass is 16.5. The van der Waals surface area contributed by atoms with E-state index in [1.165, 1.54) is 25.9 Å². The number of benzene rings is 1. The molecule has 2 N–H and O–H groups in total. The fourth-order valence-electron chi connectivity index (χ4n) is 3.96. The summed E-state index contributed by atoms with van der Waals surface area (Å²) in [6.07, 6.45) is 5.36. The average Bonchev–Trinajstić information content (AvgIpc) is 3.41. The van der Waals surface area contributed by atoms with E-state index in [0.717, 1.165) is 41.3 Å². The van der Waals surface area contributed by atoms with E-state index in [2.05, 4.69) is 30.4 Å². The zero-order chi connectivity index (χ0) is 21.6. The first kappa shape index (κ1) is 21.1. The Bertz CT molecular complexity index is 994. The third kappa shape index (κ3) is 5.14. The molecule has 1 saturated heterocycles. The van der Waals surface area contributed by atoms with Crippen LogP contribution in [0.25, 0.3) is 11.3 Å². The number of likely N-dealkylation sites (tertiary alicyclic amines) is 1. The largest absolute Gasteiger partial charge is 0.493 e. The van der Waals surface area contributed by atoms with Crippen molar-refractivity contribution in [2.24, 2.45) is 0 Å². The maximum atomic E-state index is 6.04. The van der Waals surface area contributed by atoms with Crippen LogP contribution in [0, 0.1) is 13.8 Å². The maximum Gasteiger partial charge on any atom is 0.227 e. The first-order valence-corrected chi connectivity index (χ1v) is 10.8. The van der Waals surface area contributed by atoms with Crippen molar-refractivity contribution in [1.29, 1.82) is 0 Å². The Labute approximate surface area is 183 Å². The molecule has 0 saturated carbocycles. The van der Waals surface area contributed by atoms with Crippen molar-refractivity contribution in [2.75, 3.05) is 38.7 Å². The Hall–Kier alpha value is -3.13. The van der Waals surface area contributed by atoms with Gasteiger partial charge in [0.1, 0.15) is 0 Å². The molecule has 0 amide bonds. The van der Waals surface area contributed by atoms with Gasteiger partial charge in [-0.2, -0.15) is 5.10 Å². The van der Waals surface area contributed by atoms with Gasteiger partial charge >= 0.3 is 0 Å². The number of rotatable bonds is 9. The summed E-state index contributed by atoms with van der Waals surface area (Å²) in [6.45, 7) is 8.10. The van der Waals surface area contributed by atoms with Crippen molar-refractivity contribution >= 4 is 11.6 Å². The molecule has 1 fully saturated rings. The lowest BCUT2D eigenvalue weighted by molar-refractivity contribution is 0.254. The predicted octanol–water partition coefficient (Wildman–Crippen LogP) is 4.10. The van der Waals surface area contributed by atoms with Crippen molar-refractivity contribution in [1.82, 2.24) is 25.1 Å². The summed E-state index contributed by atoms with van der Waals surface area (Å²) in [5.41, 5.74) is 4.57. The molecule has 2 aromatic heterocycles. The monoisotopic (exact) mass is 422 g/mol. The number of hydrogen-bond acceptors (Lipinski definition) is 7. The summed E-state index contributed by atoms with van der Waals surface area (Å²) in [7, 11) is 1.65. The number of nitrogens with one attached hydrogen (secondary N) is 2. The fraction of sp³-hybridized carbons (Fsp3) is 0.435. The molecular weight excluding hydrogens is 392 g/mol. The molecule has 0 bridgehead atoms. The zero-order valence-corrected chi connectivity index (χ0v) is 18.4. The molecule has 1 aromatic carbocycles. The Morgan fingerprint density at radius 3 is 2.71 bits per heavy atom. The quantitative estimate of drug-likeness (QED) is 0.502. The topological polar surface area (TPSA) is 88.2 Å². The van der Waals surface area contributed by atoms with Gasteiger partial charge in [-0.15, -0.1) is 0 Å². The Kier molecular flexibility index (Phi) is 6.66. The molecule has 8 nitrogen and oxygen atoms in total. The van der Waals surface area contributed by atoms with Crippen molar-refractivity contribution in [3.63, 3.8) is 0 Å². The lowest BCUT2D eigenvalue weighted by Crippen LogP contribution is -2.21. The van der Waals surface area contributed by atoms with E-state index < -0.39 is 0 Å². The van der Waals surface area contributed by atoms with E-state index in [1.54, 1.807) is 13.3 Å². The van der Waals surface area contributed by atoms with E-state index in [-0.39, 0.29) is 0 Å². The van der Waals surface area contributed by atoms with Crippen LogP contribution in [0.5, 0.6) is 11.5 Å². The number of hydrogen-bond donors (Lipinski definition) is 2. The van der Waals surface area contributed by atoms with E-state index in [1.807, 2.05) is 38.1 Å². The van der Waals surface area contributed by atoms with Crippen molar-refractivity contribution < 1.29 is 9.47 Å². The summed E-state index contributed by atoms with van der Waals surface area (Å²) >= 11 is 0. The SMILES string of the molecule is COc1ccc(Nc2nccc(-c3c(C)n[nH]c3C)n2)cc1OCCCN1CCCC1. The fourth-order valence-corrected chi connectivity index (χ4v) is 3.96. The maximum absolute atomic E-state index is 6.04. The second-order valence-corrected chi connectivity index (χ2v) is 7.82. The summed E-state index contributed by atoms with van der Waals surface area (Å²) in [5, 5.41) is 10.5. The third-order valence-corrected chi connectivity index (χ3v) is 5.53. The van der Waals surface area contributed by atoms with E-state index in [4.69, 9.17) is 9.47 Å². The highest BCUT2D eigenvalue weighted by Gasteiger charge is 2.13. The van der Waals surface area contributed by atoms with Gasteiger partial charge in [0, 0.05) is 35.8 Å². The predicted molar refractivity (Wildman–Crippen MR) is 121 cm³/mol. The molecule has 1 aliphatic heterocycles. The molecule has 0 radical (unpaired) electrons. The minimum atomic E-state index is 0.516. The minimum Gasteiger partial charge on any atom is -0.493 e. The van der Waals surface area contributed by atoms with Gasteiger partial charge in [-0.3, -0.25) is 5.10 Å². The molecule has 0 unspecified atom stereocenters. The van der Waals surface area contributed by atoms with Gasteiger partial charge in [0.2, 0.25) is 5.95 Å². The number of H-pyrrole nitrogens is 1. The molecule has 8 heteroatoms. The van der Waals surface area contributed by atoms with Crippen LogP contribution in [0.3, 0.4) is 0 Å². The standard InChI is InChI=1S/C23H30N6O2/c1-16-22(17(2)28-27-16)19-9-10-24-23(26-19)25-18-7-8-20(30-3)21(15-18)31-14-6-13-29-11-4-5-12-29/h7-10,15H,4-6,11-14H2,1-3H3,(H,27,28)(H,24,25,26). The molecule has 3 heterocycles. The van der Waals surface area contributed by atoms with Crippen LogP contribution in [-0.4, -0.2) is 58.4 Å². The van der Waals surface area contributed by atoms with Gasteiger partial charge in [-0.1, -0.05) is 0 Å². The van der Waals surface area contributed by atoms with Crippen LogP contribution >= 0.6 is 0 Å².